The molecule has 0 radical (unpaired) electrons. The Kier molecular flexibility index (Phi) is 5.93. The number of carbonyl (C=O) groups excluding carboxylic acids is 2. The number of ether oxygens (including phenoxy) is 2. The number of alkyl halides is 3. The van der Waals surface area contributed by atoms with E-state index in [-0.39, 0.29) is 24.6 Å². The summed E-state index contributed by atoms with van der Waals surface area (Å²) in [6.45, 7) is -0.00137. The zero-order chi connectivity index (χ0) is 18.3. The minimum atomic E-state index is -4.80. The molecule has 6 nitrogen and oxygen atoms in total. The third-order valence-corrected chi connectivity index (χ3v) is 2.89. The number of amides is 1. The van der Waals surface area contributed by atoms with E-state index in [1.54, 1.807) is 0 Å². The Balaban J connectivity index is 1.76. The van der Waals surface area contributed by atoms with Crippen LogP contribution in [0.1, 0.15) is 20.7 Å². The smallest absolute Gasteiger partial charge is 0.460 e. The molecule has 0 bridgehead atoms. The van der Waals surface area contributed by atoms with E-state index in [4.69, 9.17) is 4.74 Å². The second-order valence-corrected chi connectivity index (χ2v) is 4.70. The minimum Gasteiger partial charge on any atom is -0.460 e. The topological polar surface area (TPSA) is 77.5 Å². The first kappa shape index (κ1) is 18.2. The van der Waals surface area contributed by atoms with Gasteiger partial charge in [-0.05, 0) is 36.4 Å². The first-order valence-electron chi connectivity index (χ1n) is 7.06. The first-order valence-corrected chi connectivity index (χ1v) is 7.06. The zero-order valence-electron chi connectivity index (χ0n) is 12.7. The quantitative estimate of drug-likeness (QED) is 0.637. The van der Waals surface area contributed by atoms with Crippen molar-refractivity contribution in [1.29, 1.82) is 0 Å². The summed E-state index contributed by atoms with van der Waals surface area (Å²) < 4.78 is 44.8. The molecule has 0 saturated heterocycles. The Labute approximate surface area is 140 Å². The van der Waals surface area contributed by atoms with Crippen LogP contribution in [0, 0.1) is 0 Å². The monoisotopic (exact) mass is 354 g/mol. The summed E-state index contributed by atoms with van der Waals surface area (Å²) in [5, 5.41) is 2.55. The molecule has 0 fully saturated rings. The van der Waals surface area contributed by atoms with Crippen LogP contribution in [0.25, 0.3) is 0 Å². The highest BCUT2D eigenvalue weighted by molar-refractivity contribution is 5.94. The summed E-state index contributed by atoms with van der Waals surface area (Å²) in [5.41, 5.74) is 0.483. The molecule has 0 atom stereocenters. The van der Waals surface area contributed by atoms with Crippen molar-refractivity contribution in [2.24, 2.45) is 0 Å². The van der Waals surface area contributed by atoms with Gasteiger partial charge < -0.3 is 14.8 Å². The molecule has 0 aliphatic heterocycles. The predicted octanol–water partition coefficient (Wildman–Crippen LogP) is 2.57. The summed E-state index contributed by atoms with van der Waals surface area (Å²) in [5.74, 6) is -1.50. The number of benzene rings is 1. The normalized spacial score (nSPS) is 10.8. The number of nitrogens with zero attached hydrogens (tertiary/aromatic N) is 1. The van der Waals surface area contributed by atoms with Crippen LogP contribution in [-0.2, 0) is 4.74 Å². The number of hydrogen-bond acceptors (Lipinski definition) is 5. The van der Waals surface area contributed by atoms with E-state index >= 15 is 0 Å². The molecule has 1 N–H and O–H groups in total. The van der Waals surface area contributed by atoms with Gasteiger partial charge in [0.05, 0.1) is 12.1 Å². The second-order valence-electron chi connectivity index (χ2n) is 4.70. The Bertz CT molecular complexity index is 718. The fraction of sp³-hybridized carbons (Fsp3) is 0.188. The van der Waals surface area contributed by atoms with E-state index in [0.29, 0.717) is 5.56 Å². The van der Waals surface area contributed by atoms with Crippen molar-refractivity contribution in [3.05, 3.63) is 59.9 Å². The van der Waals surface area contributed by atoms with E-state index in [9.17, 15) is 22.8 Å². The second kappa shape index (κ2) is 8.13. The molecule has 0 saturated carbocycles. The van der Waals surface area contributed by atoms with Crippen LogP contribution in [0.5, 0.6) is 5.75 Å². The van der Waals surface area contributed by atoms with Crippen LogP contribution < -0.4 is 10.1 Å². The van der Waals surface area contributed by atoms with Crippen LogP contribution in [-0.4, -0.2) is 36.4 Å². The molecule has 2 rings (SSSR count). The van der Waals surface area contributed by atoms with Crippen molar-refractivity contribution in [2.45, 2.75) is 6.36 Å². The Hall–Kier alpha value is -3.10. The molecule has 1 aromatic carbocycles. The third-order valence-electron chi connectivity index (χ3n) is 2.89. The van der Waals surface area contributed by atoms with Gasteiger partial charge in [-0.3, -0.25) is 9.78 Å². The number of nitrogens with one attached hydrogen (secondary N) is 1. The van der Waals surface area contributed by atoms with E-state index in [1.165, 1.54) is 24.5 Å². The number of carbonyl (C=O) groups is 2. The molecule has 25 heavy (non-hydrogen) atoms. The maximum absolute atomic E-state index is 12.0. The molecule has 0 spiro atoms. The summed E-state index contributed by atoms with van der Waals surface area (Å²) in [6, 6.07) is 7.39. The number of halogens is 3. The molecule has 2 aromatic rings. The van der Waals surface area contributed by atoms with Gasteiger partial charge in [0.25, 0.3) is 5.91 Å². The third kappa shape index (κ3) is 6.13. The van der Waals surface area contributed by atoms with Crippen molar-refractivity contribution in [3.8, 4) is 5.75 Å². The van der Waals surface area contributed by atoms with Gasteiger partial charge in [0, 0.05) is 18.0 Å². The summed E-state index contributed by atoms with van der Waals surface area (Å²) in [4.78, 5) is 27.3. The van der Waals surface area contributed by atoms with Crippen LogP contribution >= 0.6 is 0 Å². The fourth-order valence-electron chi connectivity index (χ4n) is 1.79. The molecular weight excluding hydrogens is 341 g/mol. The fourth-order valence-corrected chi connectivity index (χ4v) is 1.79. The summed E-state index contributed by atoms with van der Waals surface area (Å²) >= 11 is 0. The van der Waals surface area contributed by atoms with Crippen molar-refractivity contribution in [1.82, 2.24) is 10.3 Å². The van der Waals surface area contributed by atoms with Crippen LogP contribution in [0.15, 0.2) is 48.8 Å². The SMILES string of the molecule is O=C(NCCOC(=O)c1ccc(OC(F)(F)F)cc1)c1ccncc1. The van der Waals surface area contributed by atoms with Crippen LogP contribution in [0.2, 0.25) is 0 Å². The van der Waals surface area contributed by atoms with Gasteiger partial charge >= 0.3 is 12.3 Å². The lowest BCUT2D eigenvalue weighted by Crippen LogP contribution is -2.28. The molecule has 0 aliphatic carbocycles. The maximum Gasteiger partial charge on any atom is 0.573 e. The van der Waals surface area contributed by atoms with E-state index in [0.717, 1.165) is 24.3 Å². The summed E-state index contributed by atoms with van der Waals surface area (Å²) in [6.07, 6.45) is -1.85. The van der Waals surface area contributed by atoms with Gasteiger partial charge in [0.15, 0.2) is 0 Å². The highest BCUT2D eigenvalue weighted by atomic mass is 19.4. The molecule has 1 heterocycles. The number of aromatic nitrogens is 1. The number of pyridine rings is 1. The van der Waals surface area contributed by atoms with Gasteiger partial charge in [0.1, 0.15) is 12.4 Å². The lowest BCUT2D eigenvalue weighted by Gasteiger charge is -2.09. The Morgan fingerprint density at radius 3 is 2.24 bits per heavy atom. The standard InChI is InChI=1S/C16H13F3N2O4/c17-16(18,19)25-13-3-1-12(2-4-13)15(23)24-10-9-21-14(22)11-5-7-20-8-6-11/h1-8H,9-10H2,(H,21,22). The van der Waals surface area contributed by atoms with E-state index in [2.05, 4.69) is 15.0 Å². The number of hydrogen-bond donors (Lipinski definition) is 1. The molecule has 132 valence electrons. The molecule has 1 amide bonds. The predicted molar refractivity (Wildman–Crippen MR) is 80.0 cm³/mol. The van der Waals surface area contributed by atoms with Gasteiger partial charge in [-0.2, -0.15) is 0 Å². The number of esters is 1. The molecule has 0 aliphatic rings. The highest BCUT2D eigenvalue weighted by Gasteiger charge is 2.31. The number of rotatable bonds is 6. The van der Waals surface area contributed by atoms with Gasteiger partial charge in [0.2, 0.25) is 0 Å². The summed E-state index contributed by atoms with van der Waals surface area (Å²) in [7, 11) is 0. The lowest BCUT2D eigenvalue weighted by molar-refractivity contribution is -0.274. The molecular formula is C16H13F3N2O4. The zero-order valence-corrected chi connectivity index (χ0v) is 12.7. The van der Waals surface area contributed by atoms with Gasteiger partial charge in [-0.15, -0.1) is 13.2 Å². The first-order chi connectivity index (χ1) is 11.8. The minimum absolute atomic E-state index is 0.0648. The average Bonchev–Trinajstić information content (AvgIpc) is 2.58. The van der Waals surface area contributed by atoms with Crippen molar-refractivity contribution in [2.75, 3.05) is 13.2 Å². The largest absolute Gasteiger partial charge is 0.573 e. The molecule has 9 heteroatoms. The average molecular weight is 354 g/mol. The highest BCUT2D eigenvalue weighted by Crippen LogP contribution is 2.22. The Morgan fingerprint density at radius 1 is 1.00 bits per heavy atom. The Morgan fingerprint density at radius 2 is 1.64 bits per heavy atom. The van der Waals surface area contributed by atoms with Gasteiger partial charge in [-0.25, -0.2) is 4.79 Å². The maximum atomic E-state index is 12.0. The van der Waals surface area contributed by atoms with E-state index in [1.807, 2.05) is 0 Å². The van der Waals surface area contributed by atoms with E-state index < -0.39 is 18.1 Å². The molecule has 1 aromatic heterocycles. The lowest BCUT2D eigenvalue weighted by atomic mass is 10.2. The molecule has 0 unspecified atom stereocenters. The van der Waals surface area contributed by atoms with Crippen LogP contribution in [0.4, 0.5) is 13.2 Å². The van der Waals surface area contributed by atoms with Crippen molar-refractivity contribution >= 4 is 11.9 Å². The van der Waals surface area contributed by atoms with Crippen molar-refractivity contribution < 1.29 is 32.2 Å². The van der Waals surface area contributed by atoms with Gasteiger partial charge in [-0.1, -0.05) is 0 Å². The van der Waals surface area contributed by atoms with Crippen LogP contribution in [0.3, 0.4) is 0 Å². The van der Waals surface area contributed by atoms with Crippen molar-refractivity contribution in [3.63, 3.8) is 0 Å².